The number of carbonyl (C=O) groups is 1. The average Bonchev–Trinajstić information content (AvgIpc) is 2.61. The number of aromatic nitrogens is 1. The van der Waals surface area contributed by atoms with Crippen molar-refractivity contribution in [1.82, 2.24) is 4.98 Å². The van der Waals surface area contributed by atoms with E-state index < -0.39 is 5.97 Å². The summed E-state index contributed by atoms with van der Waals surface area (Å²) in [5.74, 6) is -0.964. The number of nitrogens with zero attached hydrogens (tertiary/aromatic N) is 1. The van der Waals surface area contributed by atoms with Crippen LogP contribution in [0.4, 0.5) is 0 Å². The number of thiazole rings is 1. The van der Waals surface area contributed by atoms with E-state index in [1.54, 1.807) is 6.92 Å². The Balaban J connectivity index is 2.23. The fourth-order valence-corrected chi connectivity index (χ4v) is 3.29. The number of hydrogen-bond acceptors (Lipinski definition) is 4. The SMILES string of the molecule is Cc1sc(Sc2ccccc2)nc1C(=O)O. The van der Waals surface area contributed by atoms with E-state index in [0.717, 1.165) is 14.1 Å². The second-order valence-corrected chi connectivity index (χ2v) is 5.63. The smallest absolute Gasteiger partial charge is 0.355 e. The van der Waals surface area contributed by atoms with E-state index in [0.29, 0.717) is 0 Å². The van der Waals surface area contributed by atoms with Crippen LogP contribution in [0, 0.1) is 6.92 Å². The third-order valence-corrected chi connectivity index (χ3v) is 3.97. The van der Waals surface area contributed by atoms with Crippen molar-refractivity contribution in [2.75, 3.05) is 0 Å². The Labute approximate surface area is 101 Å². The third-order valence-electron chi connectivity index (χ3n) is 1.93. The molecule has 0 aliphatic rings. The quantitative estimate of drug-likeness (QED) is 0.909. The van der Waals surface area contributed by atoms with Crippen LogP contribution in [0.3, 0.4) is 0 Å². The molecule has 0 saturated carbocycles. The lowest BCUT2D eigenvalue weighted by molar-refractivity contribution is 0.0690. The summed E-state index contributed by atoms with van der Waals surface area (Å²) < 4.78 is 0.765. The van der Waals surface area contributed by atoms with Gasteiger partial charge in [-0.05, 0) is 19.1 Å². The van der Waals surface area contributed by atoms with Gasteiger partial charge in [-0.15, -0.1) is 11.3 Å². The maximum absolute atomic E-state index is 10.8. The summed E-state index contributed by atoms with van der Waals surface area (Å²) in [7, 11) is 0. The molecule has 0 unspecified atom stereocenters. The summed E-state index contributed by atoms with van der Waals surface area (Å²) in [5, 5.41) is 8.88. The lowest BCUT2D eigenvalue weighted by atomic mass is 10.4. The van der Waals surface area contributed by atoms with Gasteiger partial charge in [-0.25, -0.2) is 9.78 Å². The molecule has 0 radical (unpaired) electrons. The van der Waals surface area contributed by atoms with Crippen LogP contribution in [0.15, 0.2) is 39.6 Å². The number of benzene rings is 1. The zero-order valence-electron chi connectivity index (χ0n) is 8.51. The summed E-state index contributed by atoms with van der Waals surface area (Å²) in [6.45, 7) is 1.77. The summed E-state index contributed by atoms with van der Waals surface area (Å²) in [6.07, 6.45) is 0. The standard InChI is InChI=1S/C11H9NO2S2/c1-7-9(10(13)14)12-11(15-7)16-8-5-3-2-4-6-8/h2-6H,1H3,(H,13,14). The van der Waals surface area contributed by atoms with Crippen LogP contribution in [-0.2, 0) is 0 Å². The van der Waals surface area contributed by atoms with Crippen LogP contribution in [0.5, 0.6) is 0 Å². The topological polar surface area (TPSA) is 50.2 Å². The van der Waals surface area contributed by atoms with E-state index in [-0.39, 0.29) is 5.69 Å². The molecule has 3 nitrogen and oxygen atoms in total. The van der Waals surface area contributed by atoms with Crippen LogP contribution >= 0.6 is 23.1 Å². The van der Waals surface area contributed by atoms with Crippen LogP contribution in [-0.4, -0.2) is 16.1 Å². The lowest BCUT2D eigenvalue weighted by Crippen LogP contribution is -1.98. The zero-order chi connectivity index (χ0) is 11.5. The highest BCUT2D eigenvalue weighted by molar-refractivity contribution is 8.01. The van der Waals surface area contributed by atoms with Gasteiger partial charge in [0.15, 0.2) is 10.0 Å². The van der Waals surface area contributed by atoms with Crippen molar-refractivity contribution in [3.8, 4) is 0 Å². The largest absolute Gasteiger partial charge is 0.476 e. The molecule has 1 N–H and O–H groups in total. The van der Waals surface area contributed by atoms with Crippen molar-refractivity contribution in [2.24, 2.45) is 0 Å². The molecule has 0 atom stereocenters. The highest BCUT2D eigenvalue weighted by Crippen LogP contribution is 2.32. The van der Waals surface area contributed by atoms with Crippen molar-refractivity contribution < 1.29 is 9.90 Å². The predicted molar refractivity (Wildman–Crippen MR) is 64.4 cm³/mol. The third kappa shape index (κ3) is 2.43. The molecule has 1 aromatic heterocycles. The maximum atomic E-state index is 10.8. The van der Waals surface area contributed by atoms with Crippen LogP contribution in [0.25, 0.3) is 0 Å². The van der Waals surface area contributed by atoms with Gasteiger partial charge in [0.1, 0.15) is 0 Å². The minimum atomic E-state index is -0.964. The van der Waals surface area contributed by atoms with Crippen molar-refractivity contribution in [3.63, 3.8) is 0 Å². The Hall–Kier alpha value is -1.33. The van der Waals surface area contributed by atoms with Crippen molar-refractivity contribution in [2.45, 2.75) is 16.2 Å². The van der Waals surface area contributed by atoms with Gasteiger partial charge < -0.3 is 5.11 Å². The van der Waals surface area contributed by atoms with Crippen LogP contribution in [0.1, 0.15) is 15.4 Å². The highest BCUT2D eigenvalue weighted by atomic mass is 32.2. The van der Waals surface area contributed by atoms with Gasteiger partial charge in [0.05, 0.1) is 0 Å². The van der Waals surface area contributed by atoms with E-state index in [1.165, 1.54) is 23.1 Å². The molecule has 5 heteroatoms. The van der Waals surface area contributed by atoms with E-state index in [9.17, 15) is 4.79 Å². The van der Waals surface area contributed by atoms with Gasteiger partial charge >= 0.3 is 5.97 Å². The van der Waals surface area contributed by atoms with Gasteiger partial charge in [-0.2, -0.15) is 0 Å². The second-order valence-electron chi connectivity index (χ2n) is 3.10. The maximum Gasteiger partial charge on any atom is 0.355 e. The predicted octanol–water partition coefficient (Wildman–Crippen LogP) is 3.30. The Morgan fingerprint density at radius 2 is 2.06 bits per heavy atom. The monoisotopic (exact) mass is 251 g/mol. The normalized spacial score (nSPS) is 10.3. The lowest BCUT2D eigenvalue weighted by Gasteiger charge is -1.94. The fourth-order valence-electron chi connectivity index (χ4n) is 1.20. The number of carboxylic acids is 1. The molecular weight excluding hydrogens is 242 g/mol. The highest BCUT2D eigenvalue weighted by Gasteiger charge is 2.14. The Morgan fingerprint density at radius 1 is 1.38 bits per heavy atom. The number of rotatable bonds is 3. The number of hydrogen-bond donors (Lipinski definition) is 1. The van der Waals surface area contributed by atoms with E-state index >= 15 is 0 Å². The first-order valence-corrected chi connectivity index (χ1v) is 6.24. The first-order chi connectivity index (χ1) is 7.66. The molecule has 1 aromatic carbocycles. The molecule has 2 aromatic rings. The van der Waals surface area contributed by atoms with Gasteiger partial charge in [0.25, 0.3) is 0 Å². The Kier molecular flexibility index (Phi) is 3.26. The van der Waals surface area contributed by atoms with E-state index in [4.69, 9.17) is 5.11 Å². The Bertz CT molecular complexity index is 508. The molecule has 16 heavy (non-hydrogen) atoms. The molecule has 82 valence electrons. The molecule has 0 fully saturated rings. The minimum absolute atomic E-state index is 0.156. The number of carboxylic acid groups (broad SMARTS) is 1. The van der Waals surface area contributed by atoms with Crippen molar-refractivity contribution >= 4 is 29.1 Å². The van der Waals surface area contributed by atoms with Crippen LogP contribution in [0.2, 0.25) is 0 Å². The van der Waals surface area contributed by atoms with Gasteiger partial charge in [-0.1, -0.05) is 30.0 Å². The first kappa shape index (κ1) is 11.2. The van der Waals surface area contributed by atoms with E-state index in [1.807, 2.05) is 30.3 Å². The summed E-state index contributed by atoms with van der Waals surface area (Å²) in [4.78, 5) is 16.7. The molecule has 0 saturated heterocycles. The van der Waals surface area contributed by atoms with Gasteiger partial charge in [-0.3, -0.25) is 0 Å². The molecule has 1 heterocycles. The first-order valence-electron chi connectivity index (χ1n) is 4.60. The molecule has 0 aliphatic heterocycles. The molecule has 2 rings (SSSR count). The van der Waals surface area contributed by atoms with E-state index in [2.05, 4.69) is 4.98 Å². The van der Waals surface area contributed by atoms with Crippen molar-refractivity contribution in [1.29, 1.82) is 0 Å². The summed E-state index contributed by atoms with van der Waals surface area (Å²) >= 11 is 2.89. The summed E-state index contributed by atoms with van der Waals surface area (Å²) in [5.41, 5.74) is 0.156. The molecular formula is C11H9NO2S2. The molecule has 0 aliphatic carbocycles. The zero-order valence-corrected chi connectivity index (χ0v) is 10.1. The average molecular weight is 251 g/mol. The van der Waals surface area contributed by atoms with Gasteiger partial charge in [0.2, 0.25) is 0 Å². The number of aryl methyl sites for hydroxylation is 1. The summed E-state index contributed by atoms with van der Waals surface area (Å²) in [6, 6.07) is 9.78. The molecule has 0 spiro atoms. The van der Waals surface area contributed by atoms with Crippen LogP contribution < -0.4 is 0 Å². The second kappa shape index (κ2) is 4.67. The van der Waals surface area contributed by atoms with Crippen molar-refractivity contribution in [3.05, 3.63) is 40.9 Å². The molecule has 0 amide bonds. The minimum Gasteiger partial charge on any atom is -0.476 e. The Morgan fingerprint density at radius 3 is 2.62 bits per heavy atom. The molecule has 0 bridgehead atoms. The number of aromatic carboxylic acids is 1. The fraction of sp³-hybridized carbons (Fsp3) is 0.0909. The van der Waals surface area contributed by atoms with Gasteiger partial charge in [0, 0.05) is 9.77 Å².